The summed E-state index contributed by atoms with van der Waals surface area (Å²) in [5.74, 6) is 0.184. The Hall–Kier alpha value is -0.415. The zero-order chi connectivity index (χ0) is 10.0. The summed E-state index contributed by atoms with van der Waals surface area (Å²) in [5, 5.41) is 18.4. The van der Waals surface area contributed by atoms with Gasteiger partial charge in [-0.2, -0.15) is 0 Å². The van der Waals surface area contributed by atoms with E-state index >= 15 is 0 Å². The topological polar surface area (TPSA) is 49.7 Å². The highest BCUT2D eigenvalue weighted by molar-refractivity contribution is 6.64. The predicted octanol–water partition coefficient (Wildman–Crippen LogP) is 0.682. The largest absolute Gasteiger partial charge is 0.496 e. The molecule has 0 aliphatic carbocycles. The Balaban J connectivity index is 3.35. The summed E-state index contributed by atoms with van der Waals surface area (Å²) < 4.78 is 4.88. The van der Waals surface area contributed by atoms with Crippen molar-refractivity contribution in [2.75, 3.05) is 7.11 Å². The molecule has 0 saturated carbocycles. The highest BCUT2D eigenvalue weighted by Gasteiger charge is 2.22. The van der Waals surface area contributed by atoms with Gasteiger partial charge in [-0.25, -0.2) is 0 Å². The fourth-order valence-corrected chi connectivity index (χ4v) is 1.49. The third kappa shape index (κ3) is 2.09. The van der Waals surface area contributed by atoms with Gasteiger partial charge in [0.1, 0.15) is 5.75 Å². The first-order valence-electron chi connectivity index (χ1n) is 3.46. The molecular weight excluding hydrogens is 214 g/mol. The number of halogens is 2. The quantitative estimate of drug-likeness (QED) is 0.721. The molecule has 0 unspecified atom stereocenters. The number of methoxy groups -OCH3 is 1. The molecule has 0 atom stereocenters. The van der Waals surface area contributed by atoms with Crippen LogP contribution in [0, 0.1) is 0 Å². The molecule has 0 spiro atoms. The summed E-state index contributed by atoms with van der Waals surface area (Å²) in [7, 11) is -0.315. The lowest BCUT2D eigenvalue weighted by atomic mass is 9.79. The van der Waals surface area contributed by atoms with Crippen LogP contribution < -0.4 is 10.2 Å². The van der Waals surface area contributed by atoms with E-state index in [2.05, 4.69) is 0 Å². The van der Waals surface area contributed by atoms with Crippen LogP contribution in [-0.2, 0) is 0 Å². The lowest BCUT2D eigenvalue weighted by molar-refractivity contribution is 0.403. The first-order chi connectivity index (χ1) is 6.07. The van der Waals surface area contributed by atoms with Gasteiger partial charge in [-0.3, -0.25) is 0 Å². The van der Waals surface area contributed by atoms with Crippen LogP contribution in [0.4, 0.5) is 0 Å². The second-order valence-electron chi connectivity index (χ2n) is 2.35. The second-order valence-corrected chi connectivity index (χ2v) is 3.16. The zero-order valence-electron chi connectivity index (χ0n) is 6.79. The number of benzene rings is 1. The average molecular weight is 221 g/mol. The van der Waals surface area contributed by atoms with Crippen LogP contribution in [0.5, 0.6) is 5.75 Å². The van der Waals surface area contributed by atoms with Crippen LogP contribution in [0.1, 0.15) is 0 Å². The lowest BCUT2D eigenvalue weighted by Crippen LogP contribution is -2.32. The van der Waals surface area contributed by atoms with Crippen LogP contribution in [0.15, 0.2) is 12.1 Å². The summed E-state index contributed by atoms with van der Waals surface area (Å²) >= 11 is 11.5. The lowest BCUT2D eigenvalue weighted by Gasteiger charge is -2.10. The third-order valence-electron chi connectivity index (χ3n) is 1.56. The van der Waals surface area contributed by atoms with E-state index in [1.54, 1.807) is 0 Å². The Morgan fingerprint density at radius 2 is 1.77 bits per heavy atom. The molecule has 0 heterocycles. The second kappa shape index (κ2) is 4.20. The van der Waals surface area contributed by atoms with Crippen LogP contribution >= 0.6 is 23.2 Å². The smallest absolute Gasteiger partial charge is 0.493 e. The zero-order valence-corrected chi connectivity index (χ0v) is 8.30. The molecule has 1 aromatic rings. The molecule has 70 valence electrons. The van der Waals surface area contributed by atoms with Crippen molar-refractivity contribution in [3.8, 4) is 5.75 Å². The van der Waals surface area contributed by atoms with E-state index < -0.39 is 7.12 Å². The Morgan fingerprint density at radius 3 is 2.15 bits per heavy atom. The van der Waals surface area contributed by atoms with Crippen LogP contribution in [-0.4, -0.2) is 24.3 Å². The Bertz CT molecular complexity index is 317. The minimum Gasteiger partial charge on any atom is -0.496 e. The molecule has 1 aromatic carbocycles. The highest BCUT2D eigenvalue weighted by atomic mass is 35.5. The summed E-state index contributed by atoms with van der Waals surface area (Å²) in [4.78, 5) is 0. The van der Waals surface area contributed by atoms with Crippen molar-refractivity contribution >= 4 is 35.8 Å². The van der Waals surface area contributed by atoms with Crippen molar-refractivity contribution < 1.29 is 14.8 Å². The van der Waals surface area contributed by atoms with Gasteiger partial charge in [-0.15, -0.1) is 0 Å². The van der Waals surface area contributed by atoms with Crippen molar-refractivity contribution in [1.82, 2.24) is 0 Å². The first kappa shape index (κ1) is 10.7. The predicted molar refractivity (Wildman–Crippen MR) is 52.8 cm³/mol. The monoisotopic (exact) mass is 220 g/mol. The SMILES string of the molecule is COc1c(Cl)ccc(Cl)c1B(O)O. The molecule has 0 aliphatic heterocycles. The van der Waals surface area contributed by atoms with E-state index in [4.69, 9.17) is 38.0 Å². The van der Waals surface area contributed by atoms with Gasteiger partial charge in [0.25, 0.3) is 0 Å². The molecule has 3 nitrogen and oxygen atoms in total. The van der Waals surface area contributed by atoms with E-state index in [9.17, 15) is 0 Å². The molecule has 0 fully saturated rings. The maximum atomic E-state index is 8.97. The van der Waals surface area contributed by atoms with Crippen LogP contribution in [0.25, 0.3) is 0 Å². The van der Waals surface area contributed by atoms with Crippen LogP contribution in [0.3, 0.4) is 0 Å². The minimum atomic E-state index is -1.69. The maximum absolute atomic E-state index is 8.97. The van der Waals surface area contributed by atoms with Gasteiger partial charge in [0, 0.05) is 10.5 Å². The van der Waals surface area contributed by atoms with E-state index in [-0.39, 0.29) is 21.3 Å². The van der Waals surface area contributed by atoms with Gasteiger partial charge in [-0.05, 0) is 12.1 Å². The Morgan fingerprint density at radius 1 is 1.23 bits per heavy atom. The number of hydrogen-bond donors (Lipinski definition) is 2. The van der Waals surface area contributed by atoms with Gasteiger partial charge in [0.05, 0.1) is 12.1 Å². The first-order valence-corrected chi connectivity index (χ1v) is 4.21. The number of hydrogen-bond acceptors (Lipinski definition) is 3. The molecule has 1 rings (SSSR count). The van der Waals surface area contributed by atoms with Gasteiger partial charge in [0.2, 0.25) is 0 Å². The molecule has 13 heavy (non-hydrogen) atoms. The Kier molecular flexibility index (Phi) is 3.44. The minimum absolute atomic E-state index is 0.0802. The van der Waals surface area contributed by atoms with Crippen molar-refractivity contribution in [1.29, 1.82) is 0 Å². The van der Waals surface area contributed by atoms with E-state index in [0.717, 1.165) is 0 Å². The van der Waals surface area contributed by atoms with Crippen molar-refractivity contribution in [2.45, 2.75) is 0 Å². The molecule has 0 radical (unpaired) electrons. The summed E-state index contributed by atoms with van der Waals surface area (Å²) in [6, 6.07) is 3.00. The highest BCUT2D eigenvalue weighted by Crippen LogP contribution is 2.25. The van der Waals surface area contributed by atoms with E-state index in [1.807, 2.05) is 0 Å². The molecule has 0 amide bonds. The molecule has 6 heteroatoms. The van der Waals surface area contributed by atoms with Gasteiger partial charge < -0.3 is 14.8 Å². The van der Waals surface area contributed by atoms with Crippen molar-refractivity contribution in [2.24, 2.45) is 0 Å². The van der Waals surface area contributed by atoms with E-state index in [0.29, 0.717) is 0 Å². The number of rotatable bonds is 2. The van der Waals surface area contributed by atoms with Gasteiger partial charge >= 0.3 is 7.12 Å². The van der Waals surface area contributed by atoms with Crippen molar-refractivity contribution in [3.05, 3.63) is 22.2 Å². The number of ether oxygens (including phenoxy) is 1. The van der Waals surface area contributed by atoms with Gasteiger partial charge in [0.15, 0.2) is 0 Å². The third-order valence-corrected chi connectivity index (χ3v) is 2.18. The molecule has 0 saturated heterocycles. The molecule has 0 aromatic heterocycles. The molecule has 0 aliphatic rings. The Labute approximate surface area is 86.0 Å². The summed E-state index contributed by atoms with van der Waals surface area (Å²) in [6.45, 7) is 0. The van der Waals surface area contributed by atoms with Crippen molar-refractivity contribution in [3.63, 3.8) is 0 Å². The van der Waals surface area contributed by atoms with Crippen LogP contribution in [0.2, 0.25) is 10.0 Å². The van der Waals surface area contributed by atoms with Gasteiger partial charge in [-0.1, -0.05) is 23.2 Å². The summed E-state index contributed by atoms with van der Waals surface area (Å²) in [6.07, 6.45) is 0. The summed E-state index contributed by atoms with van der Waals surface area (Å²) in [5.41, 5.74) is 0.0802. The maximum Gasteiger partial charge on any atom is 0.493 e. The molecular formula is C7H7BCl2O3. The normalized spacial score (nSPS) is 9.92. The fourth-order valence-electron chi connectivity index (χ4n) is 0.997. The molecule has 0 bridgehead atoms. The standard InChI is InChI=1S/C7H7BCl2O3/c1-13-7-5(10)3-2-4(9)6(7)8(11)12/h2-3,11-12H,1H3. The average Bonchev–Trinajstić information content (AvgIpc) is 2.07. The molecule has 2 N–H and O–H groups in total. The van der Waals surface area contributed by atoms with E-state index in [1.165, 1.54) is 19.2 Å². The fraction of sp³-hybridized carbons (Fsp3) is 0.143.